The van der Waals surface area contributed by atoms with Gasteiger partial charge in [0, 0.05) is 22.5 Å². The largest absolute Gasteiger partial charge is 0.392 e. The monoisotopic (exact) mass is 308 g/mol. The molecule has 0 unspecified atom stereocenters. The fourth-order valence-corrected chi connectivity index (χ4v) is 1.73. The number of aryl methyl sites for hydroxylation is 4. The van der Waals surface area contributed by atoms with E-state index in [0.29, 0.717) is 40.2 Å². The van der Waals surface area contributed by atoms with Crippen molar-refractivity contribution < 1.29 is 18.7 Å². The van der Waals surface area contributed by atoms with Gasteiger partial charge in [-0.25, -0.2) is 8.78 Å². The summed E-state index contributed by atoms with van der Waals surface area (Å²) in [6, 6.07) is 2.52. The van der Waals surface area contributed by atoms with Crippen molar-refractivity contribution in [2.45, 2.75) is 34.3 Å². The molecule has 0 saturated heterocycles. The Kier molecular flexibility index (Phi) is 6.24. The van der Waals surface area contributed by atoms with Crippen LogP contribution in [0, 0.1) is 39.3 Å². The number of aromatic nitrogens is 2. The number of aliphatic hydroxyl groups is 1. The van der Waals surface area contributed by atoms with E-state index in [-0.39, 0.29) is 12.4 Å². The van der Waals surface area contributed by atoms with Crippen molar-refractivity contribution in [1.29, 1.82) is 0 Å². The van der Waals surface area contributed by atoms with E-state index in [0.717, 1.165) is 0 Å². The minimum absolute atomic E-state index is 0.157. The molecule has 2 aromatic heterocycles. The molecule has 2 aromatic rings. The number of pyridine rings is 2. The topological polar surface area (TPSA) is 63.1 Å². The van der Waals surface area contributed by atoms with Gasteiger partial charge in [0.1, 0.15) is 11.6 Å². The van der Waals surface area contributed by atoms with Crippen molar-refractivity contribution in [2.75, 3.05) is 0 Å². The molecule has 0 spiro atoms. The van der Waals surface area contributed by atoms with Crippen molar-refractivity contribution >= 4 is 6.29 Å². The Hall–Kier alpha value is -2.21. The number of carbonyl (C=O) groups is 1. The van der Waals surface area contributed by atoms with Crippen molar-refractivity contribution in [1.82, 2.24) is 9.97 Å². The van der Waals surface area contributed by atoms with Gasteiger partial charge in [-0.05, 0) is 39.8 Å². The van der Waals surface area contributed by atoms with Crippen LogP contribution >= 0.6 is 0 Å². The summed E-state index contributed by atoms with van der Waals surface area (Å²) in [7, 11) is 0. The van der Waals surface area contributed by atoms with Gasteiger partial charge in [-0.15, -0.1) is 0 Å². The van der Waals surface area contributed by atoms with Crippen molar-refractivity contribution in [3.05, 3.63) is 57.7 Å². The predicted octanol–water partition coefficient (Wildman–Crippen LogP) is 2.98. The summed E-state index contributed by atoms with van der Waals surface area (Å²) in [4.78, 5) is 18.0. The highest BCUT2D eigenvalue weighted by atomic mass is 19.1. The first kappa shape index (κ1) is 17.8. The molecule has 4 nitrogen and oxygen atoms in total. The van der Waals surface area contributed by atoms with Gasteiger partial charge in [0.05, 0.1) is 18.0 Å². The SMILES string of the molecule is Cc1nc(C)c(C=O)cc1F.Cc1nc(C)c(CO)cc1F. The molecule has 0 fully saturated rings. The first-order valence-corrected chi connectivity index (χ1v) is 6.62. The maximum absolute atomic E-state index is 12.8. The van der Waals surface area contributed by atoms with Crippen LogP contribution in [0.15, 0.2) is 12.1 Å². The normalized spacial score (nSPS) is 9.95. The Balaban J connectivity index is 0.000000220. The minimum Gasteiger partial charge on any atom is -0.392 e. The van der Waals surface area contributed by atoms with Crippen molar-refractivity contribution in [2.24, 2.45) is 0 Å². The van der Waals surface area contributed by atoms with Gasteiger partial charge in [-0.3, -0.25) is 14.8 Å². The lowest BCUT2D eigenvalue weighted by Gasteiger charge is -2.02. The third kappa shape index (κ3) is 4.39. The Morgan fingerprint density at radius 2 is 1.45 bits per heavy atom. The van der Waals surface area contributed by atoms with Gasteiger partial charge in [0.25, 0.3) is 0 Å². The van der Waals surface area contributed by atoms with Crippen molar-refractivity contribution in [3.8, 4) is 0 Å². The minimum atomic E-state index is -0.433. The number of hydrogen-bond acceptors (Lipinski definition) is 4. The molecule has 0 aliphatic heterocycles. The molecule has 22 heavy (non-hydrogen) atoms. The van der Waals surface area contributed by atoms with Gasteiger partial charge >= 0.3 is 0 Å². The molecule has 2 heterocycles. The number of halogens is 2. The average Bonchev–Trinajstić information content (AvgIpc) is 2.47. The first-order valence-electron chi connectivity index (χ1n) is 6.62. The molecule has 0 atom stereocenters. The Labute approximate surface area is 127 Å². The van der Waals surface area contributed by atoms with Crippen molar-refractivity contribution in [3.63, 3.8) is 0 Å². The summed E-state index contributed by atoms with van der Waals surface area (Å²) in [6.07, 6.45) is 0.602. The average molecular weight is 308 g/mol. The molecule has 0 bridgehead atoms. The molecule has 0 aliphatic rings. The van der Waals surface area contributed by atoms with E-state index in [4.69, 9.17) is 5.11 Å². The molecule has 0 aliphatic carbocycles. The zero-order chi connectivity index (χ0) is 16.9. The predicted molar refractivity (Wildman–Crippen MR) is 78.6 cm³/mol. The fraction of sp³-hybridized carbons (Fsp3) is 0.312. The molecule has 0 saturated carbocycles. The van der Waals surface area contributed by atoms with Gasteiger partial charge in [-0.1, -0.05) is 0 Å². The van der Waals surface area contributed by atoms with Crippen LogP contribution < -0.4 is 0 Å². The van der Waals surface area contributed by atoms with Crippen LogP contribution in [0.1, 0.15) is 38.7 Å². The third-order valence-corrected chi connectivity index (χ3v) is 3.13. The zero-order valence-corrected chi connectivity index (χ0v) is 12.9. The number of carbonyl (C=O) groups excluding carboxylic acids is 1. The first-order chi connectivity index (χ1) is 10.3. The highest BCUT2D eigenvalue weighted by Gasteiger charge is 2.04. The Bertz CT molecular complexity index is 688. The smallest absolute Gasteiger partial charge is 0.151 e. The molecule has 6 heteroatoms. The second-order valence-corrected chi connectivity index (χ2v) is 4.81. The van der Waals surface area contributed by atoms with E-state index in [9.17, 15) is 13.6 Å². The van der Waals surface area contributed by atoms with Gasteiger partial charge < -0.3 is 5.11 Å². The number of hydrogen-bond donors (Lipinski definition) is 1. The summed E-state index contributed by atoms with van der Waals surface area (Å²) in [5.41, 5.74) is 2.82. The summed E-state index contributed by atoms with van der Waals surface area (Å²) in [5.74, 6) is -0.794. The number of nitrogens with zero attached hydrogens (tertiary/aromatic N) is 2. The third-order valence-electron chi connectivity index (χ3n) is 3.13. The van der Waals surface area contributed by atoms with Crippen LogP contribution in [0.2, 0.25) is 0 Å². The Morgan fingerprint density at radius 3 is 1.95 bits per heavy atom. The summed E-state index contributed by atoms with van der Waals surface area (Å²) in [5, 5.41) is 8.73. The summed E-state index contributed by atoms with van der Waals surface area (Å²) in [6.45, 7) is 6.44. The van der Waals surface area contributed by atoms with E-state index in [1.54, 1.807) is 27.7 Å². The quantitative estimate of drug-likeness (QED) is 0.866. The lowest BCUT2D eigenvalue weighted by atomic mass is 10.2. The highest BCUT2D eigenvalue weighted by molar-refractivity contribution is 5.76. The lowest BCUT2D eigenvalue weighted by Crippen LogP contribution is -1.97. The maximum atomic E-state index is 12.8. The summed E-state index contributed by atoms with van der Waals surface area (Å²) < 4.78 is 25.5. The standard InChI is InChI=1S/C8H10FNO.C8H8FNO/c2*1-5-7(4-11)3-8(9)6(2)10-5/h3,11H,4H2,1-2H3;3-4H,1-2H3. The number of aliphatic hydroxyl groups excluding tert-OH is 1. The number of aldehydes is 1. The molecule has 0 aromatic carbocycles. The van der Waals surface area contributed by atoms with Crippen LogP contribution in [-0.2, 0) is 6.61 Å². The maximum Gasteiger partial charge on any atom is 0.151 e. The number of rotatable bonds is 2. The molecule has 0 amide bonds. The lowest BCUT2D eigenvalue weighted by molar-refractivity contribution is 0.112. The van der Waals surface area contributed by atoms with Gasteiger partial charge in [0.2, 0.25) is 0 Å². The summed E-state index contributed by atoms with van der Waals surface area (Å²) >= 11 is 0. The van der Waals surface area contributed by atoms with E-state index in [1.807, 2.05) is 0 Å². The Morgan fingerprint density at radius 1 is 0.955 bits per heavy atom. The van der Waals surface area contributed by atoms with E-state index < -0.39 is 5.82 Å². The van der Waals surface area contributed by atoms with Crippen LogP contribution in [0.3, 0.4) is 0 Å². The molecular formula is C16H18F2N2O2. The van der Waals surface area contributed by atoms with Crippen LogP contribution in [0.5, 0.6) is 0 Å². The highest BCUT2D eigenvalue weighted by Crippen LogP contribution is 2.10. The second-order valence-electron chi connectivity index (χ2n) is 4.81. The van der Waals surface area contributed by atoms with Gasteiger partial charge in [-0.2, -0.15) is 0 Å². The molecule has 118 valence electrons. The van der Waals surface area contributed by atoms with Gasteiger partial charge in [0.15, 0.2) is 6.29 Å². The van der Waals surface area contributed by atoms with E-state index in [1.165, 1.54) is 12.1 Å². The zero-order valence-electron chi connectivity index (χ0n) is 12.9. The molecule has 1 N–H and O–H groups in total. The molecule has 0 radical (unpaired) electrons. The second kappa shape index (κ2) is 7.70. The van der Waals surface area contributed by atoms with Crippen LogP contribution in [-0.4, -0.2) is 21.4 Å². The fourth-order valence-electron chi connectivity index (χ4n) is 1.73. The van der Waals surface area contributed by atoms with Crippen LogP contribution in [0.25, 0.3) is 0 Å². The molecule has 2 rings (SSSR count). The molecular weight excluding hydrogens is 290 g/mol. The van der Waals surface area contributed by atoms with Crippen LogP contribution in [0.4, 0.5) is 8.78 Å². The van der Waals surface area contributed by atoms with E-state index >= 15 is 0 Å². The van der Waals surface area contributed by atoms with E-state index in [2.05, 4.69) is 9.97 Å².